The quantitative estimate of drug-likeness (QED) is 0.650. The summed E-state index contributed by atoms with van der Waals surface area (Å²) in [6.45, 7) is 10.4. The van der Waals surface area contributed by atoms with Gasteiger partial charge in [0, 0.05) is 24.7 Å². The second-order valence-corrected chi connectivity index (χ2v) is 7.51. The summed E-state index contributed by atoms with van der Waals surface area (Å²) in [5, 5.41) is 5.30. The first-order valence-corrected chi connectivity index (χ1v) is 9.56. The molecule has 0 aliphatic carbocycles. The number of rotatable bonds is 5. The van der Waals surface area contributed by atoms with Gasteiger partial charge in [-0.15, -0.1) is 0 Å². The predicted molar refractivity (Wildman–Crippen MR) is 110 cm³/mol. The lowest BCUT2D eigenvalue weighted by molar-refractivity contribution is 0.0742. The third kappa shape index (κ3) is 3.59. The van der Waals surface area contributed by atoms with E-state index in [-0.39, 0.29) is 18.0 Å². The Morgan fingerprint density at radius 1 is 1.19 bits per heavy atom. The molecule has 1 amide bonds. The van der Waals surface area contributed by atoms with Gasteiger partial charge in [0.15, 0.2) is 5.65 Å². The monoisotopic (exact) mass is 364 g/mol. The lowest BCUT2D eigenvalue weighted by Crippen LogP contribution is -2.34. The van der Waals surface area contributed by atoms with Crippen LogP contribution in [0.1, 0.15) is 56.1 Å². The standard InChI is InChI=1S/C22H28N4O/c1-7-16(5)25(6)22(27)18-12-20(17-10-8-15(4)9-11-17)24-21-19(18)13-23-26(21)14(2)3/h8-14,16H,7H2,1-6H3. The fourth-order valence-electron chi connectivity index (χ4n) is 3.11. The van der Waals surface area contributed by atoms with E-state index in [1.165, 1.54) is 5.56 Å². The minimum atomic E-state index is 0.00779. The number of nitrogens with zero attached hydrogens (tertiary/aromatic N) is 4. The van der Waals surface area contributed by atoms with Crippen molar-refractivity contribution in [1.29, 1.82) is 0 Å². The van der Waals surface area contributed by atoms with Crippen LogP contribution in [0, 0.1) is 6.92 Å². The Morgan fingerprint density at radius 3 is 2.44 bits per heavy atom. The molecule has 0 radical (unpaired) electrons. The van der Waals surface area contributed by atoms with Gasteiger partial charge in [-0.3, -0.25) is 4.79 Å². The van der Waals surface area contributed by atoms with Gasteiger partial charge in [0.2, 0.25) is 0 Å². The number of fused-ring (bicyclic) bond motifs is 1. The number of aryl methyl sites for hydroxylation is 1. The Bertz CT molecular complexity index is 956. The molecule has 2 heterocycles. The maximum absolute atomic E-state index is 13.2. The molecule has 3 aromatic rings. The third-order valence-electron chi connectivity index (χ3n) is 5.21. The molecule has 5 heteroatoms. The van der Waals surface area contributed by atoms with Crippen molar-refractivity contribution in [3.63, 3.8) is 0 Å². The van der Waals surface area contributed by atoms with Crippen molar-refractivity contribution in [2.24, 2.45) is 0 Å². The average molecular weight is 364 g/mol. The summed E-state index contributed by atoms with van der Waals surface area (Å²) in [7, 11) is 1.86. The summed E-state index contributed by atoms with van der Waals surface area (Å²) < 4.78 is 1.88. The number of hydrogen-bond donors (Lipinski definition) is 0. The lowest BCUT2D eigenvalue weighted by Gasteiger charge is -2.24. The second-order valence-electron chi connectivity index (χ2n) is 7.51. The van der Waals surface area contributed by atoms with E-state index in [2.05, 4.69) is 51.9 Å². The SMILES string of the molecule is CCC(C)N(C)C(=O)c1cc(-c2ccc(C)cc2)nc2c1cnn2C(C)C. The summed E-state index contributed by atoms with van der Waals surface area (Å²) in [4.78, 5) is 19.9. The van der Waals surface area contributed by atoms with Crippen LogP contribution >= 0.6 is 0 Å². The number of pyridine rings is 1. The summed E-state index contributed by atoms with van der Waals surface area (Å²) in [5.41, 5.74) is 4.40. The van der Waals surface area contributed by atoms with Crippen molar-refractivity contribution in [2.45, 2.75) is 53.1 Å². The van der Waals surface area contributed by atoms with E-state index in [0.29, 0.717) is 5.56 Å². The predicted octanol–water partition coefficient (Wildman–Crippen LogP) is 4.86. The van der Waals surface area contributed by atoms with E-state index in [9.17, 15) is 4.79 Å². The number of benzene rings is 1. The molecule has 0 bridgehead atoms. The zero-order valence-electron chi connectivity index (χ0n) is 17.0. The minimum absolute atomic E-state index is 0.00779. The second kappa shape index (κ2) is 7.51. The van der Waals surface area contributed by atoms with Crippen molar-refractivity contribution in [3.8, 4) is 11.3 Å². The van der Waals surface area contributed by atoms with Crippen molar-refractivity contribution in [3.05, 3.63) is 47.7 Å². The van der Waals surface area contributed by atoms with E-state index in [4.69, 9.17) is 4.98 Å². The number of carbonyl (C=O) groups is 1. The van der Waals surface area contributed by atoms with Gasteiger partial charge in [-0.05, 0) is 40.2 Å². The maximum Gasteiger partial charge on any atom is 0.254 e. The van der Waals surface area contributed by atoms with Gasteiger partial charge in [-0.1, -0.05) is 36.8 Å². The molecule has 2 aromatic heterocycles. The molecule has 27 heavy (non-hydrogen) atoms. The van der Waals surface area contributed by atoms with Crippen LogP contribution in [0.15, 0.2) is 36.5 Å². The summed E-state index contributed by atoms with van der Waals surface area (Å²) in [5.74, 6) is 0.00779. The van der Waals surface area contributed by atoms with E-state index in [1.807, 2.05) is 29.9 Å². The van der Waals surface area contributed by atoms with Crippen molar-refractivity contribution in [1.82, 2.24) is 19.7 Å². The molecule has 3 rings (SSSR count). The minimum Gasteiger partial charge on any atom is -0.339 e. The van der Waals surface area contributed by atoms with Gasteiger partial charge < -0.3 is 4.90 Å². The van der Waals surface area contributed by atoms with Crippen LogP contribution < -0.4 is 0 Å². The summed E-state index contributed by atoms with van der Waals surface area (Å²) in [6, 6.07) is 10.5. The van der Waals surface area contributed by atoms with Gasteiger partial charge in [-0.25, -0.2) is 9.67 Å². The molecule has 0 fully saturated rings. The smallest absolute Gasteiger partial charge is 0.254 e. The van der Waals surface area contributed by atoms with Crippen molar-refractivity contribution in [2.75, 3.05) is 7.05 Å². The molecule has 0 N–H and O–H groups in total. The van der Waals surface area contributed by atoms with Crippen molar-refractivity contribution >= 4 is 16.9 Å². The van der Waals surface area contributed by atoms with Crippen LogP contribution in [0.5, 0.6) is 0 Å². The summed E-state index contributed by atoms with van der Waals surface area (Å²) in [6.07, 6.45) is 2.67. The van der Waals surface area contributed by atoms with Gasteiger partial charge in [0.05, 0.1) is 22.8 Å². The first-order chi connectivity index (χ1) is 12.8. The molecule has 1 unspecified atom stereocenters. The third-order valence-corrected chi connectivity index (χ3v) is 5.21. The highest BCUT2D eigenvalue weighted by atomic mass is 16.2. The molecule has 0 spiro atoms. The highest BCUT2D eigenvalue weighted by Crippen LogP contribution is 2.27. The Balaban J connectivity index is 2.22. The van der Waals surface area contributed by atoms with E-state index in [1.54, 1.807) is 11.1 Å². The van der Waals surface area contributed by atoms with Gasteiger partial charge in [0.1, 0.15) is 0 Å². The molecule has 5 nitrogen and oxygen atoms in total. The number of amides is 1. The average Bonchev–Trinajstić information content (AvgIpc) is 3.10. The highest BCUT2D eigenvalue weighted by Gasteiger charge is 2.22. The molecule has 0 saturated carbocycles. The Kier molecular flexibility index (Phi) is 5.31. The van der Waals surface area contributed by atoms with E-state index >= 15 is 0 Å². The molecule has 142 valence electrons. The highest BCUT2D eigenvalue weighted by molar-refractivity contribution is 6.06. The molecule has 0 aliphatic heterocycles. The zero-order valence-corrected chi connectivity index (χ0v) is 17.0. The zero-order chi connectivity index (χ0) is 19.7. The van der Waals surface area contributed by atoms with E-state index in [0.717, 1.165) is 28.7 Å². The molecule has 0 saturated heterocycles. The first-order valence-electron chi connectivity index (χ1n) is 9.56. The summed E-state index contributed by atoms with van der Waals surface area (Å²) >= 11 is 0. The van der Waals surface area contributed by atoms with Gasteiger partial charge in [-0.2, -0.15) is 5.10 Å². The fraction of sp³-hybridized carbons (Fsp3) is 0.409. The van der Waals surface area contributed by atoms with Crippen LogP contribution in [-0.2, 0) is 0 Å². The number of hydrogen-bond acceptors (Lipinski definition) is 3. The molecule has 1 atom stereocenters. The Labute approximate surface area is 161 Å². The normalized spacial score (nSPS) is 12.6. The Morgan fingerprint density at radius 2 is 1.85 bits per heavy atom. The lowest BCUT2D eigenvalue weighted by atomic mass is 10.0. The number of aromatic nitrogens is 3. The van der Waals surface area contributed by atoms with E-state index < -0.39 is 0 Å². The fourth-order valence-corrected chi connectivity index (χ4v) is 3.11. The Hall–Kier alpha value is -2.69. The maximum atomic E-state index is 13.2. The number of carbonyl (C=O) groups excluding carboxylic acids is 1. The van der Waals surface area contributed by atoms with Crippen LogP contribution in [-0.4, -0.2) is 38.7 Å². The first kappa shape index (κ1) is 19.1. The van der Waals surface area contributed by atoms with Gasteiger partial charge in [0.25, 0.3) is 5.91 Å². The van der Waals surface area contributed by atoms with Crippen molar-refractivity contribution < 1.29 is 4.79 Å². The van der Waals surface area contributed by atoms with Crippen LogP contribution in [0.4, 0.5) is 0 Å². The largest absolute Gasteiger partial charge is 0.339 e. The van der Waals surface area contributed by atoms with Crippen LogP contribution in [0.25, 0.3) is 22.3 Å². The van der Waals surface area contributed by atoms with Crippen LogP contribution in [0.3, 0.4) is 0 Å². The molecule has 1 aromatic carbocycles. The topological polar surface area (TPSA) is 51.0 Å². The molecule has 0 aliphatic rings. The van der Waals surface area contributed by atoms with Gasteiger partial charge >= 0.3 is 0 Å². The van der Waals surface area contributed by atoms with Crippen LogP contribution in [0.2, 0.25) is 0 Å². The molecular weight excluding hydrogens is 336 g/mol. The molecular formula is C22H28N4O.